The lowest BCUT2D eigenvalue weighted by Gasteiger charge is -2.14. The fraction of sp³-hybridized carbons (Fsp3) is 0.0476. The van der Waals surface area contributed by atoms with E-state index in [-0.39, 0.29) is 11.1 Å². The summed E-state index contributed by atoms with van der Waals surface area (Å²) >= 11 is 0.987. The maximum absolute atomic E-state index is 12.8. The zero-order chi connectivity index (χ0) is 17.4. The Kier molecular flexibility index (Phi) is 3.90. The van der Waals surface area contributed by atoms with Crippen LogP contribution in [-0.4, -0.2) is 11.1 Å². The summed E-state index contributed by atoms with van der Waals surface area (Å²) in [4.78, 5) is 27.0. The number of carbonyl (C=O) groups is 2. The van der Waals surface area contributed by atoms with Gasteiger partial charge in [-0.2, -0.15) is 0 Å². The van der Waals surface area contributed by atoms with E-state index in [9.17, 15) is 9.59 Å². The fourth-order valence-electron chi connectivity index (χ4n) is 3.01. The zero-order valence-electron chi connectivity index (χ0n) is 13.6. The van der Waals surface area contributed by atoms with Crippen LogP contribution < -0.4 is 4.90 Å². The van der Waals surface area contributed by atoms with Crippen LogP contribution in [0.1, 0.15) is 11.1 Å². The first-order valence-electron chi connectivity index (χ1n) is 7.96. The van der Waals surface area contributed by atoms with Crippen LogP contribution in [0.3, 0.4) is 0 Å². The Morgan fingerprint density at radius 2 is 1.60 bits per heavy atom. The molecule has 4 rings (SSSR count). The van der Waals surface area contributed by atoms with Crippen molar-refractivity contribution in [1.82, 2.24) is 0 Å². The van der Waals surface area contributed by atoms with E-state index in [1.807, 2.05) is 73.7 Å². The molecule has 2 amide bonds. The molecule has 1 heterocycles. The molecule has 25 heavy (non-hydrogen) atoms. The number of anilines is 1. The number of aryl methyl sites for hydroxylation is 1. The van der Waals surface area contributed by atoms with Crippen molar-refractivity contribution in [2.24, 2.45) is 0 Å². The molecular weight excluding hydrogens is 330 g/mol. The van der Waals surface area contributed by atoms with Crippen LogP contribution in [0.25, 0.3) is 16.8 Å². The van der Waals surface area contributed by atoms with Crippen molar-refractivity contribution in [2.75, 3.05) is 4.90 Å². The van der Waals surface area contributed by atoms with Gasteiger partial charge in [-0.15, -0.1) is 0 Å². The van der Waals surface area contributed by atoms with Gasteiger partial charge in [-0.1, -0.05) is 60.7 Å². The van der Waals surface area contributed by atoms with Crippen molar-refractivity contribution in [3.05, 3.63) is 82.8 Å². The Hall–Kier alpha value is -2.85. The zero-order valence-corrected chi connectivity index (χ0v) is 14.4. The van der Waals surface area contributed by atoms with Crippen LogP contribution in [0.15, 0.2) is 71.6 Å². The number of amides is 2. The summed E-state index contributed by atoms with van der Waals surface area (Å²) in [6.45, 7) is 1.90. The number of fused-ring (bicyclic) bond motifs is 1. The largest absolute Gasteiger partial charge is 0.298 e. The summed E-state index contributed by atoms with van der Waals surface area (Å²) < 4.78 is 0. The van der Waals surface area contributed by atoms with Crippen molar-refractivity contribution in [2.45, 2.75) is 6.92 Å². The number of thioether (sulfide) groups is 1. The minimum absolute atomic E-state index is 0.259. The van der Waals surface area contributed by atoms with Gasteiger partial charge in [0, 0.05) is 0 Å². The summed E-state index contributed by atoms with van der Waals surface area (Å²) in [5.41, 5.74) is 2.48. The van der Waals surface area contributed by atoms with Gasteiger partial charge in [0.05, 0.1) is 10.6 Å². The molecule has 1 aliphatic rings. The third-order valence-electron chi connectivity index (χ3n) is 4.26. The van der Waals surface area contributed by atoms with Crippen LogP contribution in [-0.2, 0) is 4.79 Å². The Labute approximate surface area is 150 Å². The van der Waals surface area contributed by atoms with Gasteiger partial charge in [0.15, 0.2) is 0 Å². The predicted octanol–water partition coefficient (Wildman–Crippen LogP) is 5.39. The second-order valence-corrected chi connectivity index (χ2v) is 6.87. The Morgan fingerprint density at radius 3 is 2.44 bits per heavy atom. The standard InChI is InChI=1S/C21H15NO2S/c1-14-7-2-5-12-18(14)22-20(23)19(25-21(22)24)13-16-10-6-9-15-8-3-4-11-17(15)16/h2-13H,1H3/b19-13-. The van der Waals surface area contributed by atoms with Crippen LogP contribution in [0.2, 0.25) is 0 Å². The second-order valence-electron chi connectivity index (χ2n) is 5.87. The lowest BCUT2D eigenvalue weighted by atomic mass is 10.0. The Bertz CT molecular complexity index is 1030. The monoisotopic (exact) mass is 345 g/mol. The van der Waals surface area contributed by atoms with Crippen molar-refractivity contribution < 1.29 is 9.59 Å². The molecule has 1 aliphatic heterocycles. The maximum atomic E-state index is 12.8. The van der Waals surface area contributed by atoms with Crippen molar-refractivity contribution in [3.8, 4) is 0 Å². The van der Waals surface area contributed by atoms with E-state index >= 15 is 0 Å². The molecule has 0 saturated carbocycles. The van der Waals surface area contributed by atoms with Gasteiger partial charge >= 0.3 is 0 Å². The van der Waals surface area contributed by atoms with Crippen molar-refractivity contribution in [1.29, 1.82) is 0 Å². The molecule has 0 aliphatic carbocycles. The molecule has 0 unspecified atom stereocenters. The normalized spacial score (nSPS) is 16.2. The van der Waals surface area contributed by atoms with Gasteiger partial charge in [-0.25, -0.2) is 4.90 Å². The highest BCUT2D eigenvalue weighted by Gasteiger charge is 2.36. The van der Waals surface area contributed by atoms with E-state index in [0.717, 1.165) is 33.7 Å². The third-order valence-corrected chi connectivity index (χ3v) is 5.13. The van der Waals surface area contributed by atoms with Crippen molar-refractivity contribution >= 4 is 45.4 Å². The van der Waals surface area contributed by atoms with Gasteiger partial charge in [0.2, 0.25) is 0 Å². The summed E-state index contributed by atoms with van der Waals surface area (Å²) in [6, 6.07) is 21.4. The molecule has 0 radical (unpaired) electrons. The van der Waals surface area contributed by atoms with Gasteiger partial charge in [0.25, 0.3) is 11.1 Å². The highest BCUT2D eigenvalue weighted by molar-refractivity contribution is 8.19. The van der Waals surface area contributed by atoms with E-state index in [2.05, 4.69) is 0 Å². The van der Waals surface area contributed by atoms with Gasteiger partial charge < -0.3 is 0 Å². The quantitative estimate of drug-likeness (QED) is 0.584. The molecule has 0 N–H and O–H groups in total. The summed E-state index contributed by atoms with van der Waals surface area (Å²) in [6.07, 6.45) is 1.81. The number of para-hydroxylation sites is 1. The summed E-state index contributed by atoms with van der Waals surface area (Å²) in [5, 5.41) is 1.91. The van der Waals surface area contributed by atoms with Crippen LogP contribution in [0.4, 0.5) is 10.5 Å². The predicted molar refractivity (Wildman–Crippen MR) is 104 cm³/mol. The molecule has 0 spiro atoms. The Morgan fingerprint density at radius 1 is 0.880 bits per heavy atom. The molecular formula is C21H15NO2S. The maximum Gasteiger partial charge on any atom is 0.298 e. The second kappa shape index (κ2) is 6.22. The number of nitrogens with zero attached hydrogens (tertiary/aromatic N) is 1. The lowest BCUT2D eigenvalue weighted by Crippen LogP contribution is -2.28. The molecule has 1 saturated heterocycles. The summed E-state index contributed by atoms with van der Waals surface area (Å²) in [5.74, 6) is -0.266. The first-order valence-corrected chi connectivity index (χ1v) is 8.78. The fourth-order valence-corrected chi connectivity index (χ4v) is 3.83. The number of rotatable bonds is 2. The minimum Gasteiger partial charge on any atom is -0.268 e. The van der Waals surface area contributed by atoms with Gasteiger partial charge in [-0.3, -0.25) is 9.59 Å². The summed E-state index contributed by atoms with van der Waals surface area (Å²) in [7, 11) is 0. The minimum atomic E-state index is -0.266. The van der Waals surface area contributed by atoms with Crippen LogP contribution >= 0.6 is 11.8 Å². The van der Waals surface area contributed by atoms with Crippen molar-refractivity contribution in [3.63, 3.8) is 0 Å². The molecule has 3 aromatic rings. The first-order chi connectivity index (χ1) is 12.1. The number of imide groups is 1. The Balaban J connectivity index is 1.77. The number of hydrogen-bond donors (Lipinski definition) is 0. The van der Waals surface area contributed by atoms with Gasteiger partial charge in [0.1, 0.15) is 0 Å². The third kappa shape index (κ3) is 2.75. The first kappa shape index (κ1) is 15.7. The molecule has 0 bridgehead atoms. The number of benzene rings is 3. The molecule has 0 atom stereocenters. The van der Waals surface area contributed by atoms with E-state index in [1.54, 1.807) is 6.07 Å². The highest BCUT2D eigenvalue weighted by atomic mass is 32.2. The average Bonchev–Trinajstić information content (AvgIpc) is 2.90. The average molecular weight is 345 g/mol. The SMILES string of the molecule is Cc1ccccc1N1C(=O)S/C(=C\c2cccc3ccccc23)C1=O. The van der Waals surface area contributed by atoms with Crippen LogP contribution in [0.5, 0.6) is 0 Å². The molecule has 4 heteroatoms. The number of carbonyl (C=O) groups excluding carboxylic acids is 2. The molecule has 1 fully saturated rings. The molecule has 0 aromatic heterocycles. The smallest absolute Gasteiger partial charge is 0.268 e. The number of hydrogen-bond acceptors (Lipinski definition) is 3. The molecule has 3 aromatic carbocycles. The van der Waals surface area contributed by atoms with E-state index in [0.29, 0.717) is 10.6 Å². The molecule has 3 nitrogen and oxygen atoms in total. The van der Waals surface area contributed by atoms with E-state index < -0.39 is 0 Å². The molecule has 122 valence electrons. The lowest BCUT2D eigenvalue weighted by molar-refractivity contribution is -0.113. The van der Waals surface area contributed by atoms with Crippen LogP contribution in [0, 0.1) is 6.92 Å². The van der Waals surface area contributed by atoms with Gasteiger partial charge in [-0.05, 0) is 52.7 Å². The topological polar surface area (TPSA) is 37.4 Å². The highest BCUT2D eigenvalue weighted by Crippen LogP contribution is 2.37. The van der Waals surface area contributed by atoms with E-state index in [4.69, 9.17) is 0 Å². The van der Waals surface area contributed by atoms with E-state index in [1.165, 1.54) is 4.90 Å².